The van der Waals surface area contributed by atoms with Gasteiger partial charge in [-0.3, -0.25) is 13.9 Å². The molecule has 208 valence electrons. The van der Waals surface area contributed by atoms with E-state index in [1.165, 1.54) is 50.4 Å². The standard InChI is InChI=1S/C27H29Cl2N3O6S/c1-18(27(34)30-2)31(16-19-10-11-20(28)14-23(19)29)26(33)17-32(21-8-6-5-7-9-21)39(35,36)22-12-13-24(37-3)25(15-22)38-4/h5-15,18H,16-17H2,1-4H3,(H,30,34). The SMILES string of the molecule is CNC(=O)C(C)N(Cc1ccc(Cl)cc1Cl)C(=O)CN(c1ccccc1)S(=O)(=O)c1ccc(OC)c(OC)c1. The maximum Gasteiger partial charge on any atom is 0.264 e. The van der Waals surface area contributed by atoms with E-state index in [2.05, 4.69) is 5.32 Å². The van der Waals surface area contributed by atoms with Gasteiger partial charge in [0.1, 0.15) is 12.6 Å². The van der Waals surface area contributed by atoms with Crippen LogP contribution in [-0.2, 0) is 26.2 Å². The van der Waals surface area contributed by atoms with Crippen LogP contribution in [0.1, 0.15) is 12.5 Å². The van der Waals surface area contributed by atoms with Crippen LogP contribution in [0, 0.1) is 0 Å². The molecular formula is C27H29Cl2N3O6S. The van der Waals surface area contributed by atoms with Crippen LogP contribution in [0.4, 0.5) is 5.69 Å². The molecule has 1 atom stereocenters. The van der Waals surface area contributed by atoms with E-state index in [0.29, 0.717) is 21.4 Å². The second-order valence-electron chi connectivity index (χ2n) is 8.41. The Labute approximate surface area is 238 Å². The van der Waals surface area contributed by atoms with Crippen LogP contribution in [0.3, 0.4) is 0 Å². The Kier molecular flexibility index (Phi) is 10.1. The molecule has 1 N–H and O–H groups in total. The molecule has 12 heteroatoms. The molecule has 3 aromatic rings. The van der Waals surface area contributed by atoms with E-state index >= 15 is 0 Å². The van der Waals surface area contributed by atoms with Crippen LogP contribution in [-0.4, -0.2) is 59.0 Å². The van der Waals surface area contributed by atoms with Crippen molar-refractivity contribution in [2.24, 2.45) is 0 Å². The molecule has 39 heavy (non-hydrogen) atoms. The fourth-order valence-corrected chi connectivity index (χ4v) is 5.75. The number of hydrogen-bond donors (Lipinski definition) is 1. The van der Waals surface area contributed by atoms with Crippen molar-refractivity contribution in [2.75, 3.05) is 32.1 Å². The van der Waals surface area contributed by atoms with Crippen molar-refractivity contribution < 1.29 is 27.5 Å². The van der Waals surface area contributed by atoms with Crippen LogP contribution >= 0.6 is 23.2 Å². The average molecular weight is 595 g/mol. The van der Waals surface area contributed by atoms with Crippen LogP contribution in [0.15, 0.2) is 71.6 Å². The third kappa shape index (κ3) is 6.95. The quantitative estimate of drug-likeness (QED) is 0.354. The fourth-order valence-electron chi connectivity index (χ4n) is 3.85. The number of anilines is 1. The van der Waals surface area contributed by atoms with Gasteiger partial charge in [-0.25, -0.2) is 8.42 Å². The van der Waals surface area contributed by atoms with Gasteiger partial charge in [0.15, 0.2) is 11.5 Å². The average Bonchev–Trinajstić information content (AvgIpc) is 2.94. The summed E-state index contributed by atoms with van der Waals surface area (Å²) in [5.74, 6) is -0.484. The van der Waals surface area contributed by atoms with E-state index in [0.717, 1.165) is 4.31 Å². The molecule has 3 aromatic carbocycles. The molecule has 0 radical (unpaired) electrons. The highest BCUT2D eigenvalue weighted by Crippen LogP contribution is 2.32. The van der Waals surface area contributed by atoms with Gasteiger partial charge >= 0.3 is 0 Å². The first-order valence-corrected chi connectivity index (χ1v) is 14.0. The summed E-state index contributed by atoms with van der Waals surface area (Å²) in [6, 6.07) is 16.2. The van der Waals surface area contributed by atoms with Crippen molar-refractivity contribution in [2.45, 2.75) is 24.4 Å². The van der Waals surface area contributed by atoms with Crippen LogP contribution < -0.4 is 19.1 Å². The first kappa shape index (κ1) is 30.1. The molecule has 0 bridgehead atoms. The number of carbonyl (C=O) groups excluding carboxylic acids is 2. The summed E-state index contributed by atoms with van der Waals surface area (Å²) in [5, 5.41) is 3.25. The molecule has 0 aliphatic carbocycles. The Morgan fingerprint density at radius 3 is 2.21 bits per heavy atom. The Morgan fingerprint density at radius 2 is 1.62 bits per heavy atom. The first-order valence-electron chi connectivity index (χ1n) is 11.8. The van der Waals surface area contributed by atoms with Crippen molar-refractivity contribution in [1.29, 1.82) is 0 Å². The van der Waals surface area contributed by atoms with E-state index in [4.69, 9.17) is 32.7 Å². The third-order valence-electron chi connectivity index (χ3n) is 6.04. The Hall–Kier alpha value is -3.47. The van der Waals surface area contributed by atoms with E-state index < -0.39 is 34.4 Å². The minimum Gasteiger partial charge on any atom is -0.493 e. The second-order valence-corrected chi connectivity index (χ2v) is 11.1. The van der Waals surface area contributed by atoms with Crippen molar-refractivity contribution in [1.82, 2.24) is 10.2 Å². The number of sulfonamides is 1. The zero-order valence-corrected chi connectivity index (χ0v) is 24.2. The van der Waals surface area contributed by atoms with Crippen LogP contribution in [0.2, 0.25) is 10.0 Å². The molecule has 0 spiro atoms. The monoisotopic (exact) mass is 593 g/mol. The number of halogens is 2. The number of ether oxygens (including phenoxy) is 2. The highest BCUT2D eigenvalue weighted by Gasteiger charge is 2.33. The second kappa shape index (κ2) is 13.1. The Bertz CT molecular complexity index is 1440. The number of hydrogen-bond acceptors (Lipinski definition) is 6. The number of methoxy groups -OCH3 is 2. The normalized spacial score (nSPS) is 11.8. The zero-order valence-electron chi connectivity index (χ0n) is 21.9. The Morgan fingerprint density at radius 1 is 0.949 bits per heavy atom. The van der Waals surface area contributed by atoms with Crippen molar-refractivity contribution >= 4 is 50.7 Å². The largest absolute Gasteiger partial charge is 0.493 e. The zero-order chi connectivity index (χ0) is 28.7. The van der Waals surface area contributed by atoms with Gasteiger partial charge in [-0.2, -0.15) is 0 Å². The van der Waals surface area contributed by atoms with Crippen LogP contribution in [0.25, 0.3) is 0 Å². The number of nitrogens with zero attached hydrogens (tertiary/aromatic N) is 2. The molecule has 0 heterocycles. The van der Waals surface area contributed by atoms with Crippen molar-refractivity contribution in [3.8, 4) is 11.5 Å². The van der Waals surface area contributed by atoms with Gasteiger partial charge in [0.25, 0.3) is 10.0 Å². The number of carbonyl (C=O) groups is 2. The van der Waals surface area contributed by atoms with Gasteiger partial charge in [0, 0.05) is 29.7 Å². The minimum absolute atomic E-state index is 0.0531. The van der Waals surface area contributed by atoms with Gasteiger partial charge in [-0.05, 0) is 48.9 Å². The lowest BCUT2D eigenvalue weighted by Gasteiger charge is -2.32. The highest BCUT2D eigenvalue weighted by atomic mass is 35.5. The van der Waals surface area contributed by atoms with E-state index in [9.17, 15) is 18.0 Å². The third-order valence-corrected chi connectivity index (χ3v) is 8.39. The molecule has 0 saturated carbocycles. The molecule has 0 aromatic heterocycles. The number of para-hydroxylation sites is 1. The molecule has 9 nitrogen and oxygen atoms in total. The number of nitrogens with one attached hydrogen (secondary N) is 1. The number of amides is 2. The summed E-state index contributed by atoms with van der Waals surface area (Å²) in [5.41, 5.74) is 0.803. The molecule has 0 aliphatic heterocycles. The molecule has 0 fully saturated rings. The van der Waals surface area contributed by atoms with Crippen LogP contribution in [0.5, 0.6) is 11.5 Å². The lowest BCUT2D eigenvalue weighted by molar-refractivity contribution is -0.139. The number of benzene rings is 3. The molecular weight excluding hydrogens is 565 g/mol. The van der Waals surface area contributed by atoms with Gasteiger partial charge in [0.2, 0.25) is 11.8 Å². The molecule has 2 amide bonds. The topological polar surface area (TPSA) is 105 Å². The molecule has 1 unspecified atom stereocenters. The summed E-state index contributed by atoms with van der Waals surface area (Å²) in [7, 11) is 0.0168. The summed E-state index contributed by atoms with van der Waals surface area (Å²) in [4.78, 5) is 27.5. The smallest absolute Gasteiger partial charge is 0.264 e. The molecule has 0 saturated heterocycles. The number of rotatable bonds is 11. The van der Waals surface area contributed by atoms with Crippen molar-refractivity contribution in [3.63, 3.8) is 0 Å². The Balaban J connectivity index is 2.06. The summed E-state index contributed by atoms with van der Waals surface area (Å²) in [6.45, 7) is 0.909. The summed E-state index contributed by atoms with van der Waals surface area (Å²) < 4.78 is 39.3. The lowest BCUT2D eigenvalue weighted by Crippen LogP contribution is -2.50. The summed E-state index contributed by atoms with van der Waals surface area (Å²) in [6.07, 6.45) is 0. The van der Waals surface area contributed by atoms with E-state index in [1.807, 2.05) is 0 Å². The van der Waals surface area contributed by atoms with Crippen molar-refractivity contribution in [3.05, 3.63) is 82.3 Å². The highest BCUT2D eigenvalue weighted by molar-refractivity contribution is 7.92. The fraction of sp³-hybridized carbons (Fsp3) is 0.259. The first-order chi connectivity index (χ1) is 18.5. The van der Waals surface area contributed by atoms with Gasteiger partial charge < -0.3 is 19.7 Å². The summed E-state index contributed by atoms with van der Waals surface area (Å²) >= 11 is 12.4. The molecule has 0 aliphatic rings. The maximum absolute atomic E-state index is 13.9. The molecule has 3 rings (SSSR count). The maximum atomic E-state index is 13.9. The van der Waals surface area contributed by atoms with Gasteiger partial charge in [-0.1, -0.05) is 47.5 Å². The van der Waals surface area contributed by atoms with E-state index in [-0.39, 0.29) is 22.9 Å². The predicted octanol–water partition coefficient (Wildman–Crippen LogP) is 4.37. The van der Waals surface area contributed by atoms with Gasteiger partial charge in [0.05, 0.1) is 24.8 Å². The van der Waals surface area contributed by atoms with E-state index in [1.54, 1.807) is 49.4 Å². The van der Waals surface area contributed by atoms with Gasteiger partial charge in [-0.15, -0.1) is 0 Å². The predicted molar refractivity (Wildman–Crippen MR) is 151 cm³/mol. The lowest BCUT2D eigenvalue weighted by atomic mass is 10.1. The number of likely N-dealkylation sites (N-methyl/N-ethyl adjacent to an activating group) is 1. The minimum atomic E-state index is -4.27.